The van der Waals surface area contributed by atoms with Crippen molar-refractivity contribution in [3.05, 3.63) is 54.6 Å². The van der Waals surface area contributed by atoms with E-state index in [-0.39, 0.29) is 13.0 Å². The standard InChI is InChI=1S/C16H17NO5S/c1-23(19,20)17-16(18)11-12-21-13-7-9-15(10-8-13)22-14-5-3-2-4-6-14/h2-10H,11-12H2,1H3,(H,17,18). The van der Waals surface area contributed by atoms with Gasteiger partial charge in [-0.25, -0.2) is 8.42 Å². The average Bonchev–Trinajstić information content (AvgIpc) is 2.48. The Morgan fingerprint density at radius 3 is 2.13 bits per heavy atom. The van der Waals surface area contributed by atoms with E-state index < -0.39 is 15.9 Å². The van der Waals surface area contributed by atoms with Crippen LogP contribution in [0, 0.1) is 0 Å². The number of carbonyl (C=O) groups excluding carboxylic acids is 1. The van der Waals surface area contributed by atoms with E-state index in [0.717, 1.165) is 12.0 Å². The van der Waals surface area contributed by atoms with Crippen LogP contribution in [0.25, 0.3) is 0 Å². The summed E-state index contributed by atoms with van der Waals surface area (Å²) >= 11 is 0. The van der Waals surface area contributed by atoms with E-state index in [4.69, 9.17) is 9.47 Å². The van der Waals surface area contributed by atoms with Crippen molar-refractivity contribution in [1.82, 2.24) is 4.72 Å². The molecule has 2 aromatic rings. The molecule has 122 valence electrons. The van der Waals surface area contributed by atoms with Crippen LogP contribution in [0.2, 0.25) is 0 Å². The first-order chi connectivity index (χ1) is 10.9. The first-order valence-electron chi connectivity index (χ1n) is 6.89. The molecule has 0 saturated heterocycles. The van der Waals surface area contributed by atoms with Crippen LogP contribution in [0.5, 0.6) is 17.2 Å². The normalized spacial score (nSPS) is 10.8. The molecule has 0 bridgehead atoms. The lowest BCUT2D eigenvalue weighted by atomic mass is 10.3. The van der Waals surface area contributed by atoms with Gasteiger partial charge in [0.25, 0.3) is 0 Å². The number of para-hydroxylation sites is 1. The fourth-order valence-corrected chi connectivity index (χ4v) is 2.26. The monoisotopic (exact) mass is 335 g/mol. The molecule has 0 radical (unpaired) electrons. The second kappa shape index (κ2) is 7.64. The van der Waals surface area contributed by atoms with Crippen LogP contribution in [0.3, 0.4) is 0 Å². The molecule has 7 heteroatoms. The molecule has 0 aliphatic heterocycles. The van der Waals surface area contributed by atoms with Crippen LogP contribution in [-0.4, -0.2) is 27.2 Å². The van der Waals surface area contributed by atoms with Gasteiger partial charge in [0.1, 0.15) is 17.2 Å². The molecule has 0 spiro atoms. The summed E-state index contributed by atoms with van der Waals surface area (Å²) < 4.78 is 34.7. The van der Waals surface area contributed by atoms with Gasteiger partial charge in [0.15, 0.2) is 0 Å². The van der Waals surface area contributed by atoms with Gasteiger partial charge >= 0.3 is 0 Å². The maximum atomic E-state index is 11.3. The van der Waals surface area contributed by atoms with Gasteiger partial charge < -0.3 is 9.47 Å². The van der Waals surface area contributed by atoms with E-state index in [1.54, 1.807) is 24.3 Å². The van der Waals surface area contributed by atoms with E-state index in [9.17, 15) is 13.2 Å². The fraction of sp³-hybridized carbons (Fsp3) is 0.188. The highest BCUT2D eigenvalue weighted by Crippen LogP contribution is 2.23. The lowest BCUT2D eigenvalue weighted by Crippen LogP contribution is -2.30. The van der Waals surface area contributed by atoms with E-state index in [1.807, 2.05) is 35.1 Å². The highest BCUT2D eigenvalue weighted by molar-refractivity contribution is 7.89. The Kier molecular flexibility index (Phi) is 5.59. The molecule has 0 unspecified atom stereocenters. The van der Waals surface area contributed by atoms with Crippen molar-refractivity contribution in [1.29, 1.82) is 0 Å². The minimum atomic E-state index is -3.53. The van der Waals surface area contributed by atoms with E-state index in [0.29, 0.717) is 11.5 Å². The Bertz CT molecular complexity index is 742. The molecule has 0 saturated carbocycles. The number of hydrogen-bond acceptors (Lipinski definition) is 5. The van der Waals surface area contributed by atoms with Gasteiger partial charge in [0, 0.05) is 0 Å². The molecular weight excluding hydrogens is 318 g/mol. The molecule has 1 amide bonds. The van der Waals surface area contributed by atoms with Gasteiger partial charge in [-0.15, -0.1) is 0 Å². The average molecular weight is 335 g/mol. The summed E-state index contributed by atoms with van der Waals surface area (Å²) in [4.78, 5) is 11.3. The number of ether oxygens (including phenoxy) is 2. The van der Waals surface area contributed by atoms with Gasteiger partial charge in [-0.2, -0.15) is 0 Å². The molecule has 0 heterocycles. The van der Waals surface area contributed by atoms with Crippen molar-refractivity contribution < 1.29 is 22.7 Å². The minimum Gasteiger partial charge on any atom is -0.493 e. The van der Waals surface area contributed by atoms with Gasteiger partial charge in [-0.1, -0.05) is 18.2 Å². The zero-order chi connectivity index (χ0) is 16.7. The summed E-state index contributed by atoms with van der Waals surface area (Å²) in [5.41, 5.74) is 0. The van der Waals surface area contributed by atoms with Crippen molar-refractivity contribution in [2.24, 2.45) is 0 Å². The van der Waals surface area contributed by atoms with Crippen molar-refractivity contribution in [3.8, 4) is 17.2 Å². The largest absolute Gasteiger partial charge is 0.493 e. The van der Waals surface area contributed by atoms with Crippen LogP contribution in [0.1, 0.15) is 6.42 Å². The predicted octanol–water partition coefficient (Wildman–Crippen LogP) is 2.32. The highest BCUT2D eigenvalue weighted by Gasteiger charge is 2.08. The molecule has 0 aliphatic rings. The zero-order valence-electron chi connectivity index (χ0n) is 12.6. The van der Waals surface area contributed by atoms with Crippen molar-refractivity contribution in [2.45, 2.75) is 6.42 Å². The summed E-state index contributed by atoms with van der Waals surface area (Å²) in [7, 11) is -3.53. The third-order valence-electron chi connectivity index (χ3n) is 2.70. The smallest absolute Gasteiger partial charge is 0.236 e. The minimum absolute atomic E-state index is 0.0463. The topological polar surface area (TPSA) is 81.7 Å². The van der Waals surface area contributed by atoms with Crippen molar-refractivity contribution >= 4 is 15.9 Å². The Morgan fingerprint density at radius 1 is 0.957 bits per heavy atom. The Labute approximate surface area is 135 Å². The van der Waals surface area contributed by atoms with Gasteiger partial charge in [0.05, 0.1) is 19.3 Å². The number of carbonyl (C=O) groups is 1. The second-order valence-corrected chi connectivity index (χ2v) is 6.53. The van der Waals surface area contributed by atoms with Crippen LogP contribution >= 0.6 is 0 Å². The third-order valence-corrected chi connectivity index (χ3v) is 3.30. The van der Waals surface area contributed by atoms with Crippen LogP contribution in [-0.2, 0) is 14.8 Å². The molecule has 1 N–H and O–H groups in total. The van der Waals surface area contributed by atoms with Crippen LogP contribution in [0.4, 0.5) is 0 Å². The molecule has 6 nitrogen and oxygen atoms in total. The number of hydrogen-bond donors (Lipinski definition) is 1. The maximum absolute atomic E-state index is 11.3. The highest BCUT2D eigenvalue weighted by atomic mass is 32.2. The number of benzene rings is 2. The maximum Gasteiger partial charge on any atom is 0.236 e. The van der Waals surface area contributed by atoms with E-state index >= 15 is 0 Å². The van der Waals surface area contributed by atoms with Crippen molar-refractivity contribution in [2.75, 3.05) is 12.9 Å². The molecule has 0 fully saturated rings. The fourth-order valence-electron chi connectivity index (χ4n) is 1.75. The number of rotatable bonds is 7. The van der Waals surface area contributed by atoms with Crippen LogP contribution in [0.15, 0.2) is 54.6 Å². The van der Waals surface area contributed by atoms with Gasteiger partial charge in [-0.05, 0) is 36.4 Å². The SMILES string of the molecule is CS(=O)(=O)NC(=O)CCOc1ccc(Oc2ccccc2)cc1. The quantitative estimate of drug-likeness (QED) is 0.840. The Balaban J connectivity index is 1.80. The van der Waals surface area contributed by atoms with E-state index in [2.05, 4.69) is 0 Å². The predicted molar refractivity (Wildman–Crippen MR) is 86.1 cm³/mol. The van der Waals surface area contributed by atoms with Crippen LogP contribution < -0.4 is 14.2 Å². The second-order valence-electron chi connectivity index (χ2n) is 4.78. The molecular formula is C16H17NO5S. The zero-order valence-corrected chi connectivity index (χ0v) is 13.4. The summed E-state index contributed by atoms with van der Waals surface area (Å²) in [6, 6.07) is 16.3. The summed E-state index contributed by atoms with van der Waals surface area (Å²) in [5, 5.41) is 0. The number of amides is 1. The molecule has 0 aromatic heterocycles. The lowest BCUT2D eigenvalue weighted by molar-refractivity contribution is -0.119. The van der Waals surface area contributed by atoms with Gasteiger partial charge in [-0.3, -0.25) is 9.52 Å². The van der Waals surface area contributed by atoms with Crippen molar-refractivity contribution in [3.63, 3.8) is 0 Å². The molecule has 2 rings (SSSR count). The summed E-state index contributed by atoms with van der Waals surface area (Å²) in [5.74, 6) is 1.37. The third kappa shape index (κ3) is 6.39. The Hall–Kier alpha value is -2.54. The molecule has 23 heavy (non-hydrogen) atoms. The first-order valence-corrected chi connectivity index (χ1v) is 8.78. The van der Waals surface area contributed by atoms with Gasteiger partial charge in [0.2, 0.25) is 15.9 Å². The first kappa shape index (κ1) is 16.8. The van der Waals surface area contributed by atoms with E-state index in [1.165, 1.54) is 0 Å². The molecule has 0 atom stereocenters. The Morgan fingerprint density at radius 2 is 1.52 bits per heavy atom. The summed E-state index contributed by atoms with van der Waals surface area (Å²) in [6.45, 7) is 0.0836. The summed E-state index contributed by atoms with van der Waals surface area (Å²) in [6.07, 6.45) is 0.882. The lowest BCUT2D eigenvalue weighted by Gasteiger charge is -2.08. The number of nitrogens with one attached hydrogen (secondary N) is 1. The molecule has 2 aromatic carbocycles. The molecule has 0 aliphatic carbocycles. The number of sulfonamides is 1.